The zero-order valence-electron chi connectivity index (χ0n) is 10.7. The van der Waals surface area contributed by atoms with Gasteiger partial charge in [0.25, 0.3) is 0 Å². The van der Waals surface area contributed by atoms with Crippen LogP contribution >= 0.6 is 11.3 Å². The number of aliphatic hydroxyl groups is 1. The van der Waals surface area contributed by atoms with Crippen LogP contribution in [0.25, 0.3) is 10.2 Å². The maximum Gasteiger partial charge on any atom is 0.319 e. The summed E-state index contributed by atoms with van der Waals surface area (Å²) in [5.41, 5.74) is 1.43. The predicted molar refractivity (Wildman–Crippen MR) is 75.0 cm³/mol. The van der Waals surface area contributed by atoms with E-state index in [0.29, 0.717) is 11.4 Å². The van der Waals surface area contributed by atoms with Crippen LogP contribution in [0.1, 0.15) is 5.01 Å². The number of carbonyl (C=O) groups is 1. The lowest BCUT2D eigenvalue weighted by molar-refractivity contribution is 0.244. The molecule has 6 nitrogen and oxygen atoms in total. The van der Waals surface area contributed by atoms with Crippen LogP contribution in [-0.2, 0) is 0 Å². The van der Waals surface area contributed by atoms with Gasteiger partial charge in [-0.15, -0.1) is 11.3 Å². The number of urea groups is 1. The van der Waals surface area contributed by atoms with E-state index in [4.69, 9.17) is 9.84 Å². The first kappa shape index (κ1) is 13.6. The number of nitrogens with one attached hydrogen (secondary N) is 2. The van der Waals surface area contributed by atoms with Gasteiger partial charge in [-0.2, -0.15) is 0 Å². The number of aliphatic hydroxyl groups excluding tert-OH is 1. The van der Waals surface area contributed by atoms with E-state index in [1.54, 1.807) is 17.4 Å². The normalized spacial score (nSPS) is 10.5. The molecule has 7 heteroatoms. The molecule has 0 fully saturated rings. The summed E-state index contributed by atoms with van der Waals surface area (Å²) >= 11 is 1.55. The minimum absolute atomic E-state index is 0.0996. The Labute approximate surface area is 114 Å². The number of thiazole rings is 1. The van der Waals surface area contributed by atoms with Gasteiger partial charge in [-0.25, -0.2) is 9.78 Å². The number of hydrogen-bond acceptors (Lipinski definition) is 5. The largest absolute Gasteiger partial charge is 0.494 e. The number of amides is 2. The van der Waals surface area contributed by atoms with Crippen molar-refractivity contribution < 1.29 is 14.6 Å². The van der Waals surface area contributed by atoms with Gasteiger partial charge >= 0.3 is 6.03 Å². The first-order valence-corrected chi connectivity index (χ1v) is 6.56. The SMILES string of the molecule is COc1cc2nc(C)sc2cc1NC(=O)NCCO. The number of benzene rings is 1. The molecule has 0 bridgehead atoms. The molecule has 0 radical (unpaired) electrons. The van der Waals surface area contributed by atoms with Crippen LogP contribution in [0.3, 0.4) is 0 Å². The van der Waals surface area contributed by atoms with Crippen LogP contribution in [0.2, 0.25) is 0 Å². The van der Waals surface area contributed by atoms with E-state index in [2.05, 4.69) is 15.6 Å². The molecule has 1 aromatic heterocycles. The first-order chi connectivity index (χ1) is 9.13. The second kappa shape index (κ2) is 5.85. The van der Waals surface area contributed by atoms with Crippen molar-refractivity contribution in [2.75, 3.05) is 25.6 Å². The molecule has 0 saturated carbocycles. The Morgan fingerprint density at radius 2 is 2.32 bits per heavy atom. The molecule has 0 atom stereocenters. The third-order valence-electron chi connectivity index (χ3n) is 2.46. The van der Waals surface area contributed by atoms with Gasteiger partial charge in [-0.3, -0.25) is 0 Å². The number of rotatable bonds is 4. The molecule has 1 heterocycles. The number of methoxy groups -OCH3 is 1. The lowest BCUT2D eigenvalue weighted by Gasteiger charge is -2.10. The summed E-state index contributed by atoms with van der Waals surface area (Å²) in [6.45, 7) is 2.03. The highest BCUT2D eigenvalue weighted by atomic mass is 32.1. The van der Waals surface area contributed by atoms with Crippen LogP contribution in [0.15, 0.2) is 12.1 Å². The van der Waals surface area contributed by atoms with E-state index in [1.807, 2.05) is 13.0 Å². The van der Waals surface area contributed by atoms with E-state index in [1.165, 1.54) is 7.11 Å². The van der Waals surface area contributed by atoms with Gasteiger partial charge in [0.1, 0.15) is 5.75 Å². The summed E-state index contributed by atoms with van der Waals surface area (Å²) in [5.74, 6) is 0.553. The van der Waals surface area contributed by atoms with Crippen molar-refractivity contribution in [1.29, 1.82) is 0 Å². The zero-order chi connectivity index (χ0) is 13.8. The molecule has 0 aliphatic heterocycles. The molecule has 3 N–H and O–H groups in total. The molecule has 0 saturated heterocycles. The van der Waals surface area contributed by atoms with Crippen molar-refractivity contribution in [2.45, 2.75) is 6.92 Å². The van der Waals surface area contributed by atoms with Crippen LogP contribution < -0.4 is 15.4 Å². The van der Waals surface area contributed by atoms with E-state index < -0.39 is 0 Å². The van der Waals surface area contributed by atoms with Gasteiger partial charge in [0.2, 0.25) is 0 Å². The summed E-state index contributed by atoms with van der Waals surface area (Å²) in [6, 6.07) is 3.24. The molecule has 2 amide bonds. The number of aromatic nitrogens is 1. The molecular weight excluding hydrogens is 266 g/mol. The van der Waals surface area contributed by atoms with Crippen molar-refractivity contribution in [3.8, 4) is 5.75 Å². The fraction of sp³-hybridized carbons (Fsp3) is 0.333. The van der Waals surface area contributed by atoms with Crippen LogP contribution in [0.4, 0.5) is 10.5 Å². The van der Waals surface area contributed by atoms with Crippen molar-refractivity contribution in [3.63, 3.8) is 0 Å². The van der Waals surface area contributed by atoms with Crippen LogP contribution in [0.5, 0.6) is 5.75 Å². The smallest absolute Gasteiger partial charge is 0.319 e. The monoisotopic (exact) mass is 281 g/mol. The van der Waals surface area contributed by atoms with E-state index in [0.717, 1.165) is 15.2 Å². The molecule has 0 aliphatic carbocycles. The number of nitrogens with zero attached hydrogens (tertiary/aromatic N) is 1. The summed E-state index contributed by atoms with van der Waals surface area (Å²) < 4.78 is 6.22. The Bertz CT molecular complexity index is 597. The quantitative estimate of drug-likeness (QED) is 0.797. The van der Waals surface area contributed by atoms with Crippen molar-refractivity contribution in [3.05, 3.63) is 17.1 Å². The van der Waals surface area contributed by atoms with Gasteiger partial charge in [0.05, 0.1) is 34.6 Å². The third-order valence-corrected chi connectivity index (χ3v) is 3.40. The van der Waals surface area contributed by atoms with Gasteiger partial charge in [-0.05, 0) is 13.0 Å². The Balaban J connectivity index is 2.27. The number of anilines is 1. The molecule has 19 heavy (non-hydrogen) atoms. The lowest BCUT2D eigenvalue weighted by Crippen LogP contribution is -2.31. The summed E-state index contributed by atoms with van der Waals surface area (Å²) in [7, 11) is 1.54. The second-order valence-corrected chi connectivity index (χ2v) is 5.09. The highest BCUT2D eigenvalue weighted by molar-refractivity contribution is 7.18. The molecular formula is C12H15N3O3S. The molecule has 102 valence electrons. The van der Waals surface area contributed by atoms with Gasteiger partial charge in [-0.1, -0.05) is 0 Å². The standard InChI is InChI=1S/C12H15N3O3S/c1-7-14-9-5-10(18-2)8(6-11(9)19-7)15-12(17)13-3-4-16/h5-6,16H,3-4H2,1-2H3,(H2,13,15,17). The van der Waals surface area contributed by atoms with E-state index in [9.17, 15) is 4.79 Å². The third kappa shape index (κ3) is 3.12. The highest BCUT2D eigenvalue weighted by Crippen LogP contribution is 2.32. The first-order valence-electron chi connectivity index (χ1n) is 5.75. The van der Waals surface area contributed by atoms with Gasteiger partial charge < -0.3 is 20.5 Å². The Morgan fingerprint density at radius 1 is 1.53 bits per heavy atom. The second-order valence-electron chi connectivity index (χ2n) is 3.86. The predicted octanol–water partition coefficient (Wildman–Crippen LogP) is 1.73. The van der Waals surface area contributed by atoms with Crippen LogP contribution in [0, 0.1) is 6.92 Å². The number of carbonyl (C=O) groups excluding carboxylic acids is 1. The Hall–Kier alpha value is -1.86. The molecule has 2 rings (SSSR count). The van der Waals surface area contributed by atoms with Crippen LogP contribution in [-0.4, -0.2) is 36.4 Å². The number of hydrogen-bond donors (Lipinski definition) is 3. The van der Waals surface area contributed by atoms with Crippen molar-refractivity contribution in [1.82, 2.24) is 10.3 Å². The fourth-order valence-electron chi connectivity index (χ4n) is 1.67. The van der Waals surface area contributed by atoms with E-state index >= 15 is 0 Å². The van der Waals surface area contributed by atoms with Crippen molar-refractivity contribution >= 4 is 33.3 Å². The summed E-state index contributed by atoms with van der Waals surface area (Å²) in [5, 5.41) is 14.8. The molecule has 0 unspecified atom stereocenters. The summed E-state index contributed by atoms with van der Waals surface area (Å²) in [4.78, 5) is 15.9. The zero-order valence-corrected chi connectivity index (χ0v) is 11.5. The van der Waals surface area contributed by atoms with Gasteiger partial charge in [0, 0.05) is 12.6 Å². The van der Waals surface area contributed by atoms with Gasteiger partial charge in [0.15, 0.2) is 0 Å². The topological polar surface area (TPSA) is 83.5 Å². The number of fused-ring (bicyclic) bond motifs is 1. The molecule has 2 aromatic rings. The fourth-order valence-corrected chi connectivity index (χ4v) is 2.52. The Kier molecular flexibility index (Phi) is 4.18. The maximum absolute atomic E-state index is 11.6. The Morgan fingerprint density at radius 3 is 3.00 bits per heavy atom. The average molecular weight is 281 g/mol. The molecule has 0 spiro atoms. The molecule has 0 aliphatic rings. The molecule has 1 aromatic carbocycles. The summed E-state index contributed by atoms with van der Waals surface area (Å²) in [6.07, 6.45) is 0. The minimum Gasteiger partial charge on any atom is -0.494 e. The highest BCUT2D eigenvalue weighted by Gasteiger charge is 2.11. The average Bonchev–Trinajstić information content (AvgIpc) is 2.74. The minimum atomic E-state index is -0.382. The van der Waals surface area contributed by atoms with Crippen molar-refractivity contribution in [2.24, 2.45) is 0 Å². The van der Waals surface area contributed by atoms with E-state index in [-0.39, 0.29) is 19.2 Å². The maximum atomic E-state index is 11.6. The number of aryl methyl sites for hydroxylation is 1. The number of ether oxygens (including phenoxy) is 1. The lowest BCUT2D eigenvalue weighted by atomic mass is 10.2.